The van der Waals surface area contributed by atoms with Gasteiger partial charge in [0.05, 0.1) is 0 Å². The third-order valence-corrected chi connectivity index (χ3v) is 3.35. The van der Waals surface area contributed by atoms with E-state index in [0.29, 0.717) is 18.7 Å². The molecule has 0 heterocycles. The van der Waals surface area contributed by atoms with Crippen molar-refractivity contribution in [1.29, 1.82) is 0 Å². The Hall–Kier alpha value is -0.450. The maximum atomic E-state index is 13.4. The van der Waals surface area contributed by atoms with Crippen molar-refractivity contribution in [1.82, 2.24) is 5.32 Å². The van der Waals surface area contributed by atoms with Crippen molar-refractivity contribution < 1.29 is 4.39 Å². The monoisotopic (exact) mass is 302 g/mol. The van der Waals surface area contributed by atoms with E-state index >= 15 is 0 Å². The highest BCUT2D eigenvalue weighted by atomic mass is 79.9. The largest absolute Gasteiger partial charge is 0.330 e. The number of hydrogen-bond acceptors (Lipinski definition) is 2. The first-order valence-electron chi connectivity index (χ1n) is 5.79. The van der Waals surface area contributed by atoms with Crippen LogP contribution in [-0.4, -0.2) is 13.1 Å². The lowest BCUT2D eigenvalue weighted by atomic mass is 9.90. The molecule has 0 bridgehead atoms. The van der Waals surface area contributed by atoms with Crippen LogP contribution >= 0.6 is 15.9 Å². The minimum Gasteiger partial charge on any atom is -0.330 e. The molecule has 17 heavy (non-hydrogen) atoms. The fraction of sp³-hybridized carbons (Fsp3) is 0.538. The summed E-state index contributed by atoms with van der Waals surface area (Å²) in [4.78, 5) is 0. The fourth-order valence-corrected chi connectivity index (χ4v) is 1.84. The van der Waals surface area contributed by atoms with Crippen LogP contribution in [0, 0.1) is 11.2 Å². The second-order valence-electron chi connectivity index (χ2n) is 5.03. The summed E-state index contributed by atoms with van der Waals surface area (Å²) in [6.45, 7) is 6.32. The highest BCUT2D eigenvalue weighted by Gasteiger charge is 2.14. The first-order chi connectivity index (χ1) is 7.94. The van der Waals surface area contributed by atoms with Crippen LogP contribution in [0.25, 0.3) is 0 Å². The van der Waals surface area contributed by atoms with Gasteiger partial charge in [-0.2, -0.15) is 0 Å². The number of hydrogen-bond donors (Lipinski definition) is 2. The highest BCUT2D eigenvalue weighted by Crippen LogP contribution is 2.18. The summed E-state index contributed by atoms with van der Waals surface area (Å²) in [6, 6.07) is 4.98. The van der Waals surface area contributed by atoms with Crippen LogP contribution in [0.3, 0.4) is 0 Å². The first-order valence-corrected chi connectivity index (χ1v) is 6.59. The van der Waals surface area contributed by atoms with Crippen LogP contribution in [0.15, 0.2) is 22.7 Å². The van der Waals surface area contributed by atoms with Crippen molar-refractivity contribution in [3.8, 4) is 0 Å². The van der Waals surface area contributed by atoms with Crippen molar-refractivity contribution >= 4 is 15.9 Å². The summed E-state index contributed by atoms with van der Waals surface area (Å²) >= 11 is 3.34. The van der Waals surface area contributed by atoms with E-state index in [1.165, 1.54) is 6.07 Å². The Bertz CT molecular complexity index is 366. The van der Waals surface area contributed by atoms with Gasteiger partial charge in [0.1, 0.15) is 5.82 Å². The summed E-state index contributed by atoms with van der Waals surface area (Å²) in [5, 5.41) is 3.24. The second kappa shape index (κ2) is 6.47. The zero-order valence-corrected chi connectivity index (χ0v) is 12.0. The minimum atomic E-state index is -0.168. The van der Waals surface area contributed by atoms with Crippen molar-refractivity contribution in [2.24, 2.45) is 11.1 Å². The van der Waals surface area contributed by atoms with E-state index in [9.17, 15) is 4.39 Å². The predicted octanol–water partition coefficient (Wildman–Crippen LogP) is 3.05. The van der Waals surface area contributed by atoms with Gasteiger partial charge in [-0.25, -0.2) is 4.39 Å². The van der Waals surface area contributed by atoms with Gasteiger partial charge in [0.25, 0.3) is 0 Å². The van der Waals surface area contributed by atoms with Crippen LogP contribution in [0.1, 0.15) is 25.8 Å². The smallest absolute Gasteiger partial charge is 0.127 e. The Morgan fingerprint density at radius 3 is 2.76 bits per heavy atom. The lowest BCUT2D eigenvalue weighted by molar-refractivity contribution is 0.338. The molecule has 0 saturated carbocycles. The standard InChI is InChI=1S/C13H20BrFN2/c1-13(2,9-16)5-6-17-8-10-7-11(14)3-4-12(10)15/h3-4,7,17H,5-6,8-9,16H2,1-2H3. The Morgan fingerprint density at radius 1 is 1.41 bits per heavy atom. The van der Waals surface area contributed by atoms with Gasteiger partial charge in [0.2, 0.25) is 0 Å². The van der Waals surface area contributed by atoms with Gasteiger partial charge in [-0.05, 0) is 43.1 Å². The summed E-state index contributed by atoms with van der Waals surface area (Å²) < 4.78 is 14.3. The SMILES string of the molecule is CC(C)(CN)CCNCc1cc(Br)ccc1F. The maximum absolute atomic E-state index is 13.4. The molecule has 0 fully saturated rings. The molecule has 1 rings (SSSR count). The molecular weight excluding hydrogens is 283 g/mol. The minimum absolute atomic E-state index is 0.142. The van der Waals surface area contributed by atoms with Crippen LogP contribution in [0.5, 0.6) is 0 Å². The molecule has 0 aliphatic carbocycles. The lowest BCUT2D eigenvalue weighted by Gasteiger charge is -2.22. The van der Waals surface area contributed by atoms with Gasteiger partial charge in [0.15, 0.2) is 0 Å². The maximum Gasteiger partial charge on any atom is 0.127 e. The molecule has 0 amide bonds. The van der Waals surface area contributed by atoms with E-state index in [1.807, 2.05) is 0 Å². The van der Waals surface area contributed by atoms with E-state index in [4.69, 9.17) is 5.73 Å². The second-order valence-corrected chi connectivity index (χ2v) is 5.95. The number of nitrogens with two attached hydrogens (primary N) is 1. The molecule has 0 aromatic heterocycles. The number of benzene rings is 1. The summed E-state index contributed by atoms with van der Waals surface area (Å²) in [5.41, 5.74) is 6.48. The fourth-order valence-electron chi connectivity index (χ4n) is 1.43. The quantitative estimate of drug-likeness (QED) is 0.793. The predicted molar refractivity (Wildman–Crippen MR) is 73.3 cm³/mol. The zero-order chi connectivity index (χ0) is 12.9. The van der Waals surface area contributed by atoms with Gasteiger partial charge < -0.3 is 11.1 Å². The molecule has 1 aromatic carbocycles. The van der Waals surface area contributed by atoms with E-state index in [0.717, 1.165) is 17.4 Å². The van der Waals surface area contributed by atoms with Crippen LogP contribution in [-0.2, 0) is 6.54 Å². The molecule has 4 heteroatoms. The summed E-state index contributed by atoms with van der Waals surface area (Å²) in [6.07, 6.45) is 0.985. The molecule has 96 valence electrons. The molecule has 0 atom stereocenters. The Labute approximate surface area is 111 Å². The number of halogens is 2. The molecule has 2 nitrogen and oxygen atoms in total. The van der Waals surface area contributed by atoms with Gasteiger partial charge in [-0.3, -0.25) is 0 Å². The van der Waals surface area contributed by atoms with E-state index < -0.39 is 0 Å². The number of nitrogens with one attached hydrogen (secondary N) is 1. The van der Waals surface area contributed by atoms with Crippen molar-refractivity contribution in [3.05, 3.63) is 34.1 Å². The van der Waals surface area contributed by atoms with Crippen molar-refractivity contribution in [2.75, 3.05) is 13.1 Å². The molecular formula is C13H20BrFN2. The van der Waals surface area contributed by atoms with E-state index in [1.54, 1.807) is 12.1 Å². The van der Waals surface area contributed by atoms with Crippen molar-refractivity contribution in [3.63, 3.8) is 0 Å². The van der Waals surface area contributed by atoms with Crippen LogP contribution in [0.2, 0.25) is 0 Å². The van der Waals surface area contributed by atoms with Crippen molar-refractivity contribution in [2.45, 2.75) is 26.8 Å². The third kappa shape index (κ3) is 5.15. The topological polar surface area (TPSA) is 38.0 Å². The average Bonchev–Trinajstić information content (AvgIpc) is 2.29. The van der Waals surface area contributed by atoms with E-state index in [-0.39, 0.29) is 11.2 Å². The third-order valence-electron chi connectivity index (χ3n) is 2.85. The number of rotatable bonds is 6. The molecule has 1 aromatic rings. The molecule has 0 aliphatic rings. The van der Waals surface area contributed by atoms with E-state index in [2.05, 4.69) is 35.1 Å². The lowest BCUT2D eigenvalue weighted by Crippen LogP contribution is -2.28. The molecule has 0 saturated heterocycles. The Kier molecular flexibility index (Phi) is 5.56. The Balaban J connectivity index is 2.38. The van der Waals surface area contributed by atoms with Gasteiger partial charge in [-0.15, -0.1) is 0 Å². The van der Waals surface area contributed by atoms with Crippen LogP contribution in [0.4, 0.5) is 4.39 Å². The normalized spacial score (nSPS) is 11.8. The van der Waals surface area contributed by atoms with Gasteiger partial charge >= 0.3 is 0 Å². The summed E-state index contributed by atoms with van der Waals surface area (Å²) in [7, 11) is 0. The molecule has 0 aliphatic heterocycles. The van der Waals surface area contributed by atoms with Crippen LogP contribution < -0.4 is 11.1 Å². The molecule has 0 unspecified atom stereocenters. The zero-order valence-electron chi connectivity index (χ0n) is 10.4. The Morgan fingerprint density at radius 2 is 2.12 bits per heavy atom. The van der Waals surface area contributed by atoms with Gasteiger partial charge in [0, 0.05) is 16.6 Å². The highest BCUT2D eigenvalue weighted by molar-refractivity contribution is 9.10. The van der Waals surface area contributed by atoms with Gasteiger partial charge in [-0.1, -0.05) is 29.8 Å². The molecule has 0 radical (unpaired) electrons. The average molecular weight is 303 g/mol. The molecule has 0 spiro atoms. The summed E-state index contributed by atoms with van der Waals surface area (Å²) in [5.74, 6) is -0.168. The first kappa shape index (κ1) is 14.6. The molecule has 3 N–H and O–H groups in total.